The van der Waals surface area contributed by atoms with Gasteiger partial charge in [-0.15, -0.1) is 34.2 Å². The number of aryl methyl sites for hydroxylation is 1. The third-order valence-electron chi connectivity index (χ3n) is 5.40. The first-order valence-corrected chi connectivity index (χ1v) is 11.5. The Kier molecular flexibility index (Phi) is 11.7. The largest absolute Gasteiger partial charge is 0.354 e. The third-order valence-corrected chi connectivity index (χ3v) is 5.40. The number of rotatable bonds is 9. The number of hydrogen-bond donors (Lipinski definition) is 1. The van der Waals surface area contributed by atoms with E-state index in [9.17, 15) is 0 Å². The van der Waals surface area contributed by atoms with Gasteiger partial charge in [-0.2, -0.15) is 0 Å². The number of nitrogens with one attached hydrogen (secondary N) is 1. The molecule has 0 atom stereocenters. The zero-order chi connectivity index (χ0) is 21.9. The molecule has 8 heteroatoms. The molecule has 0 saturated carbocycles. The summed E-state index contributed by atoms with van der Waals surface area (Å²) in [5, 5.41) is 11.8. The van der Waals surface area contributed by atoms with E-state index in [-0.39, 0.29) is 24.0 Å². The van der Waals surface area contributed by atoms with E-state index in [2.05, 4.69) is 93.1 Å². The highest BCUT2D eigenvalue weighted by Crippen LogP contribution is 2.06. The molecule has 0 spiro atoms. The molecule has 0 unspecified atom stereocenters. The second kappa shape index (κ2) is 14.3. The molecule has 176 valence electrons. The molecular weight excluding hydrogens is 513 g/mol. The van der Waals surface area contributed by atoms with Crippen LogP contribution >= 0.6 is 24.0 Å². The van der Waals surface area contributed by atoms with E-state index in [1.165, 1.54) is 5.56 Å². The van der Waals surface area contributed by atoms with Crippen LogP contribution in [0.25, 0.3) is 6.08 Å². The van der Waals surface area contributed by atoms with Crippen molar-refractivity contribution in [3.8, 4) is 0 Å². The topological polar surface area (TPSA) is 61.6 Å². The number of aromatic nitrogens is 3. The number of guanidine groups is 1. The van der Waals surface area contributed by atoms with Crippen molar-refractivity contribution >= 4 is 36.0 Å². The van der Waals surface area contributed by atoms with Crippen LogP contribution < -0.4 is 5.32 Å². The predicted octanol–water partition coefficient (Wildman–Crippen LogP) is 3.39. The Hall–Kier alpha value is -1.94. The molecule has 0 radical (unpaired) electrons. The van der Waals surface area contributed by atoms with Crippen LogP contribution in [-0.4, -0.2) is 76.3 Å². The first-order valence-electron chi connectivity index (χ1n) is 11.5. The summed E-state index contributed by atoms with van der Waals surface area (Å²) in [6.45, 7) is 14.1. The van der Waals surface area contributed by atoms with Crippen molar-refractivity contribution in [2.45, 2.75) is 33.7 Å². The Balaban J connectivity index is 0.00000363. The van der Waals surface area contributed by atoms with Crippen LogP contribution in [0.3, 0.4) is 0 Å². The summed E-state index contributed by atoms with van der Waals surface area (Å²) in [6.07, 6.45) is 7.18. The smallest absolute Gasteiger partial charge is 0.194 e. The van der Waals surface area contributed by atoms with Gasteiger partial charge in [0.05, 0.1) is 0 Å². The lowest BCUT2D eigenvalue weighted by atomic mass is 10.2. The van der Waals surface area contributed by atoms with E-state index in [1.54, 1.807) is 0 Å². The highest BCUT2D eigenvalue weighted by Gasteiger charge is 2.19. The van der Waals surface area contributed by atoms with Crippen LogP contribution in [0.1, 0.15) is 32.2 Å². The predicted molar refractivity (Wildman–Crippen MR) is 143 cm³/mol. The monoisotopic (exact) mass is 551 g/mol. The van der Waals surface area contributed by atoms with Gasteiger partial charge in [-0.3, -0.25) is 9.89 Å². The van der Waals surface area contributed by atoms with Crippen molar-refractivity contribution in [2.75, 3.05) is 45.8 Å². The van der Waals surface area contributed by atoms with Crippen molar-refractivity contribution in [2.24, 2.45) is 10.9 Å². The third kappa shape index (κ3) is 8.54. The summed E-state index contributed by atoms with van der Waals surface area (Å²) >= 11 is 0. The summed E-state index contributed by atoms with van der Waals surface area (Å²) < 4.78 is 2.12. The van der Waals surface area contributed by atoms with Gasteiger partial charge >= 0.3 is 0 Å². The van der Waals surface area contributed by atoms with Crippen LogP contribution in [0, 0.1) is 5.92 Å². The fraction of sp³-hybridized carbons (Fsp3) is 0.542. The molecule has 1 fully saturated rings. The van der Waals surface area contributed by atoms with Gasteiger partial charge < -0.3 is 14.8 Å². The highest BCUT2D eigenvalue weighted by molar-refractivity contribution is 14.0. The van der Waals surface area contributed by atoms with E-state index in [1.807, 2.05) is 6.33 Å². The number of hydrogen-bond acceptors (Lipinski definition) is 4. The maximum atomic E-state index is 4.89. The van der Waals surface area contributed by atoms with Gasteiger partial charge in [0.15, 0.2) is 5.96 Å². The summed E-state index contributed by atoms with van der Waals surface area (Å²) in [5.74, 6) is 2.60. The molecule has 1 aliphatic rings. The minimum Gasteiger partial charge on any atom is -0.354 e. The Morgan fingerprint density at radius 3 is 2.59 bits per heavy atom. The number of nitrogens with zero attached hydrogens (tertiary/aromatic N) is 6. The molecule has 0 aliphatic carbocycles. The average molecular weight is 552 g/mol. The van der Waals surface area contributed by atoms with E-state index < -0.39 is 0 Å². The first-order chi connectivity index (χ1) is 15.2. The SMILES string of the molecule is CCc1nncn1CCNC(=NCC(C)C)N1CCN(C/C=C/c2ccccc2)CC1.I. The fourth-order valence-corrected chi connectivity index (χ4v) is 3.61. The van der Waals surface area contributed by atoms with Gasteiger partial charge in [-0.05, 0) is 11.5 Å². The van der Waals surface area contributed by atoms with Crippen LogP contribution in [0.2, 0.25) is 0 Å². The fourth-order valence-electron chi connectivity index (χ4n) is 3.61. The number of piperazine rings is 1. The minimum atomic E-state index is 0. The zero-order valence-corrected chi connectivity index (χ0v) is 22.0. The molecule has 1 aromatic heterocycles. The molecule has 1 aromatic carbocycles. The van der Waals surface area contributed by atoms with E-state index in [0.29, 0.717) is 5.92 Å². The van der Waals surface area contributed by atoms with Crippen LogP contribution in [0.5, 0.6) is 0 Å². The summed E-state index contributed by atoms with van der Waals surface area (Å²) in [5.41, 5.74) is 1.26. The zero-order valence-electron chi connectivity index (χ0n) is 19.7. The van der Waals surface area contributed by atoms with Crippen molar-refractivity contribution < 1.29 is 0 Å². The number of aliphatic imine (C=N–C) groups is 1. The number of benzene rings is 1. The lowest BCUT2D eigenvalue weighted by Crippen LogP contribution is -2.52. The quantitative estimate of drug-likeness (QED) is 0.294. The van der Waals surface area contributed by atoms with Crippen LogP contribution in [0.4, 0.5) is 0 Å². The van der Waals surface area contributed by atoms with Crippen molar-refractivity contribution in [3.63, 3.8) is 0 Å². The lowest BCUT2D eigenvalue weighted by molar-refractivity contribution is 0.194. The molecule has 2 aromatic rings. The molecule has 32 heavy (non-hydrogen) atoms. The summed E-state index contributed by atoms with van der Waals surface area (Å²) in [7, 11) is 0. The van der Waals surface area contributed by atoms with Crippen LogP contribution in [-0.2, 0) is 13.0 Å². The van der Waals surface area contributed by atoms with Gasteiger partial charge in [0, 0.05) is 58.8 Å². The molecule has 1 aliphatic heterocycles. The van der Waals surface area contributed by atoms with Crippen LogP contribution in [0.15, 0.2) is 47.7 Å². The molecule has 0 bridgehead atoms. The van der Waals surface area contributed by atoms with E-state index >= 15 is 0 Å². The minimum absolute atomic E-state index is 0. The molecule has 2 heterocycles. The Bertz CT molecular complexity index is 824. The second-order valence-electron chi connectivity index (χ2n) is 8.38. The Morgan fingerprint density at radius 2 is 1.91 bits per heavy atom. The molecule has 0 amide bonds. The molecular formula is C24H38IN7. The Morgan fingerprint density at radius 1 is 1.16 bits per heavy atom. The number of halogens is 1. The normalized spacial score (nSPS) is 15.4. The van der Waals surface area contributed by atoms with Crippen molar-refractivity contribution in [1.29, 1.82) is 0 Å². The molecule has 3 rings (SSSR count). The molecule has 1 N–H and O–H groups in total. The van der Waals surface area contributed by atoms with Crippen molar-refractivity contribution in [1.82, 2.24) is 29.9 Å². The molecule has 7 nitrogen and oxygen atoms in total. The van der Waals surface area contributed by atoms with E-state index in [4.69, 9.17) is 4.99 Å². The van der Waals surface area contributed by atoms with Gasteiger partial charge in [-0.1, -0.05) is 63.3 Å². The van der Waals surface area contributed by atoms with Gasteiger partial charge in [0.2, 0.25) is 0 Å². The highest BCUT2D eigenvalue weighted by atomic mass is 127. The van der Waals surface area contributed by atoms with Gasteiger partial charge in [-0.25, -0.2) is 0 Å². The maximum Gasteiger partial charge on any atom is 0.194 e. The van der Waals surface area contributed by atoms with E-state index in [0.717, 1.165) is 70.6 Å². The lowest BCUT2D eigenvalue weighted by Gasteiger charge is -2.36. The van der Waals surface area contributed by atoms with Gasteiger partial charge in [0.25, 0.3) is 0 Å². The summed E-state index contributed by atoms with van der Waals surface area (Å²) in [4.78, 5) is 9.79. The Labute approximate surface area is 210 Å². The standard InChI is InChI=1S/C24H37N7.HI/c1-4-23-28-27-20-31(23)14-12-25-24(26-19-21(2)3)30-17-15-29(16-18-30)13-8-11-22-9-6-5-7-10-22;/h5-11,20-21H,4,12-19H2,1-3H3,(H,25,26);1H/b11-8+;. The van der Waals surface area contributed by atoms with Gasteiger partial charge in [0.1, 0.15) is 12.2 Å². The first kappa shape index (κ1) is 26.3. The molecule has 1 saturated heterocycles. The second-order valence-corrected chi connectivity index (χ2v) is 8.38. The average Bonchev–Trinajstić information content (AvgIpc) is 3.25. The summed E-state index contributed by atoms with van der Waals surface area (Å²) in [6, 6.07) is 10.5. The van der Waals surface area contributed by atoms with Crippen molar-refractivity contribution in [3.05, 3.63) is 54.1 Å². The maximum absolute atomic E-state index is 4.89.